The van der Waals surface area contributed by atoms with Crippen molar-refractivity contribution in [2.24, 2.45) is 0 Å². The number of thiophene rings is 1. The van der Waals surface area contributed by atoms with Crippen molar-refractivity contribution in [1.29, 1.82) is 0 Å². The SMILES string of the molecule is Cc1cccc(CCCOC(=O)c2ccc(Br)s2)n1. The maximum Gasteiger partial charge on any atom is 0.348 e. The Morgan fingerprint density at radius 2 is 2.21 bits per heavy atom. The maximum atomic E-state index is 11.7. The van der Waals surface area contributed by atoms with E-state index in [0.717, 1.165) is 28.0 Å². The van der Waals surface area contributed by atoms with Crippen molar-refractivity contribution >= 4 is 33.2 Å². The van der Waals surface area contributed by atoms with Gasteiger partial charge in [0.15, 0.2) is 0 Å². The van der Waals surface area contributed by atoms with Crippen molar-refractivity contribution in [3.8, 4) is 0 Å². The first-order chi connectivity index (χ1) is 9.15. The van der Waals surface area contributed by atoms with Gasteiger partial charge in [-0.15, -0.1) is 11.3 Å². The van der Waals surface area contributed by atoms with Crippen molar-refractivity contribution in [3.05, 3.63) is 50.4 Å². The number of aromatic nitrogens is 1. The zero-order valence-electron chi connectivity index (χ0n) is 10.6. The van der Waals surface area contributed by atoms with Gasteiger partial charge in [0.2, 0.25) is 0 Å². The van der Waals surface area contributed by atoms with Crippen molar-refractivity contribution in [2.75, 3.05) is 6.61 Å². The maximum absolute atomic E-state index is 11.7. The number of ether oxygens (including phenoxy) is 1. The first-order valence-corrected chi connectivity index (χ1v) is 7.61. The minimum atomic E-state index is -0.257. The van der Waals surface area contributed by atoms with E-state index in [2.05, 4.69) is 20.9 Å². The van der Waals surface area contributed by atoms with Crippen LogP contribution in [0.1, 0.15) is 27.5 Å². The molecule has 5 heteroatoms. The molecule has 2 heterocycles. The zero-order chi connectivity index (χ0) is 13.7. The summed E-state index contributed by atoms with van der Waals surface area (Å²) in [6.07, 6.45) is 1.61. The Morgan fingerprint density at radius 3 is 2.89 bits per heavy atom. The summed E-state index contributed by atoms with van der Waals surface area (Å²) in [5.74, 6) is -0.257. The summed E-state index contributed by atoms with van der Waals surface area (Å²) in [4.78, 5) is 16.7. The predicted molar refractivity (Wildman–Crippen MR) is 79.6 cm³/mol. The van der Waals surface area contributed by atoms with Crippen LogP contribution < -0.4 is 0 Å². The summed E-state index contributed by atoms with van der Waals surface area (Å²) in [6.45, 7) is 2.39. The monoisotopic (exact) mass is 339 g/mol. The number of esters is 1. The smallest absolute Gasteiger partial charge is 0.348 e. The van der Waals surface area contributed by atoms with Gasteiger partial charge in [-0.25, -0.2) is 4.79 Å². The Labute approximate surface area is 124 Å². The molecular weight excluding hydrogens is 326 g/mol. The summed E-state index contributed by atoms with van der Waals surface area (Å²) in [6, 6.07) is 9.56. The lowest BCUT2D eigenvalue weighted by molar-refractivity contribution is 0.0506. The highest BCUT2D eigenvalue weighted by atomic mass is 79.9. The van der Waals surface area contributed by atoms with Crippen LogP contribution in [0.3, 0.4) is 0 Å². The molecule has 2 aromatic rings. The molecule has 0 aromatic carbocycles. The molecule has 2 rings (SSSR count). The number of hydrogen-bond donors (Lipinski definition) is 0. The van der Waals surface area contributed by atoms with Gasteiger partial charge in [0, 0.05) is 11.4 Å². The Kier molecular flexibility index (Phi) is 5.10. The van der Waals surface area contributed by atoms with Gasteiger partial charge in [0.25, 0.3) is 0 Å². The second-order valence-corrected chi connectivity index (χ2v) is 6.58. The second-order valence-electron chi connectivity index (χ2n) is 4.11. The summed E-state index contributed by atoms with van der Waals surface area (Å²) in [7, 11) is 0. The molecule has 0 spiro atoms. The topological polar surface area (TPSA) is 39.2 Å². The molecule has 0 aliphatic rings. The van der Waals surface area contributed by atoms with Gasteiger partial charge in [-0.1, -0.05) is 6.07 Å². The van der Waals surface area contributed by atoms with E-state index in [-0.39, 0.29) is 5.97 Å². The van der Waals surface area contributed by atoms with Crippen LogP contribution >= 0.6 is 27.3 Å². The van der Waals surface area contributed by atoms with Crippen LogP contribution in [0.15, 0.2) is 34.1 Å². The van der Waals surface area contributed by atoms with Crippen molar-refractivity contribution < 1.29 is 9.53 Å². The Balaban J connectivity index is 1.74. The number of nitrogens with zero attached hydrogens (tertiary/aromatic N) is 1. The van der Waals surface area contributed by atoms with Crippen LogP contribution in [-0.4, -0.2) is 17.6 Å². The first-order valence-electron chi connectivity index (χ1n) is 6.00. The third-order valence-electron chi connectivity index (χ3n) is 2.53. The van der Waals surface area contributed by atoms with E-state index >= 15 is 0 Å². The molecule has 0 saturated heterocycles. The van der Waals surface area contributed by atoms with Crippen molar-refractivity contribution in [2.45, 2.75) is 19.8 Å². The Hall–Kier alpha value is -1.20. The molecule has 0 aliphatic heterocycles. The summed E-state index contributed by atoms with van der Waals surface area (Å²) in [5.41, 5.74) is 2.05. The normalized spacial score (nSPS) is 10.4. The van der Waals surface area contributed by atoms with E-state index in [1.807, 2.05) is 31.2 Å². The van der Waals surface area contributed by atoms with Gasteiger partial charge < -0.3 is 4.74 Å². The van der Waals surface area contributed by atoms with Gasteiger partial charge in [0.05, 0.1) is 10.4 Å². The molecule has 0 radical (unpaired) electrons. The fraction of sp³-hybridized carbons (Fsp3) is 0.286. The lowest BCUT2D eigenvalue weighted by Gasteiger charge is -2.03. The highest BCUT2D eigenvalue weighted by Gasteiger charge is 2.09. The quantitative estimate of drug-likeness (QED) is 0.610. The molecule has 100 valence electrons. The third kappa shape index (κ3) is 4.44. The first kappa shape index (κ1) is 14.2. The van der Waals surface area contributed by atoms with Gasteiger partial charge in [-0.3, -0.25) is 4.98 Å². The highest BCUT2D eigenvalue weighted by molar-refractivity contribution is 9.11. The van der Waals surface area contributed by atoms with E-state index in [9.17, 15) is 4.79 Å². The van der Waals surface area contributed by atoms with Crippen LogP contribution in [0.2, 0.25) is 0 Å². The van der Waals surface area contributed by atoms with E-state index in [1.54, 1.807) is 6.07 Å². The van der Waals surface area contributed by atoms with Gasteiger partial charge in [-0.2, -0.15) is 0 Å². The molecule has 0 atom stereocenters. The number of carbonyl (C=O) groups excluding carboxylic acids is 1. The Morgan fingerprint density at radius 1 is 1.37 bits per heavy atom. The van der Waals surface area contributed by atoms with Crippen LogP contribution in [-0.2, 0) is 11.2 Å². The lowest BCUT2D eigenvalue weighted by atomic mass is 10.2. The van der Waals surface area contributed by atoms with Crippen molar-refractivity contribution in [3.63, 3.8) is 0 Å². The Bertz CT molecular complexity index is 568. The zero-order valence-corrected chi connectivity index (χ0v) is 13.0. The van der Waals surface area contributed by atoms with Gasteiger partial charge >= 0.3 is 5.97 Å². The fourth-order valence-electron chi connectivity index (χ4n) is 1.65. The number of halogens is 1. The summed E-state index contributed by atoms with van der Waals surface area (Å²) >= 11 is 4.70. The largest absolute Gasteiger partial charge is 0.461 e. The number of hydrogen-bond acceptors (Lipinski definition) is 4. The second kappa shape index (κ2) is 6.82. The molecule has 0 fully saturated rings. The molecular formula is C14H14BrNO2S. The van der Waals surface area contributed by atoms with Gasteiger partial charge in [0.1, 0.15) is 4.88 Å². The molecule has 19 heavy (non-hydrogen) atoms. The molecule has 0 aliphatic carbocycles. The molecule has 0 saturated carbocycles. The van der Waals surface area contributed by atoms with Crippen LogP contribution in [0.25, 0.3) is 0 Å². The van der Waals surface area contributed by atoms with E-state index in [4.69, 9.17) is 4.74 Å². The average molecular weight is 340 g/mol. The summed E-state index contributed by atoms with van der Waals surface area (Å²) in [5, 5.41) is 0. The highest BCUT2D eigenvalue weighted by Crippen LogP contribution is 2.22. The number of carbonyl (C=O) groups is 1. The number of rotatable bonds is 5. The molecule has 0 unspecified atom stereocenters. The number of aryl methyl sites for hydroxylation is 2. The predicted octanol–water partition coefficient (Wildman–Crippen LogP) is 4.00. The minimum Gasteiger partial charge on any atom is -0.461 e. The fourth-order valence-corrected chi connectivity index (χ4v) is 2.93. The van der Waals surface area contributed by atoms with Crippen LogP contribution in [0.5, 0.6) is 0 Å². The molecule has 2 aromatic heterocycles. The minimum absolute atomic E-state index is 0.257. The third-order valence-corrected chi connectivity index (χ3v) is 4.13. The molecule has 0 bridgehead atoms. The molecule has 3 nitrogen and oxygen atoms in total. The molecule has 0 N–H and O–H groups in total. The number of pyridine rings is 1. The molecule has 0 amide bonds. The van der Waals surface area contributed by atoms with E-state index < -0.39 is 0 Å². The van der Waals surface area contributed by atoms with Gasteiger partial charge in [-0.05, 0) is 60.0 Å². The lowest BCUT2D eigenvalue weighted by Crippen LogP contribution is -2.05. The average Bonchev–Trinajstić information content (AvgIpc) is 2.81. The van der Waals surface area contributed by atoms with Crippen LogP contribution in [0, 0.1) is 6.92 Å². The van der Waals surface area contributed by atoms with E-state index in [0.29, 0.717) is 11.5 Å². The van der Waals surface area contributed by atoms with Crippen LogP contribution in [0.4, 0.5) is 0 Å². The summed E-state index contributed by atoms with van der Waals surface area (Å²) < 4.78 is 6.15. The standard InChI is InChI=1S/C14H14BrNO2S/c1-10-4-2-5-11(16-10)6-3-9-18-14(17)12-7-8-13(15)19-12/h2,4-5,7-8H,3,6,9H2,1H3. The van der Waals surface area contributed by atoms with Crippen molar-refractivity contribution in [1.82, 2.24) is 4.98 Å². The van der Waals surface area contributed by atoms with E-state index in [1.165, 1.54) is 11.3 Å².